The molecule has 1 aliphatic carbocycles. The maximum atomic E-state index is 13.1. The predicted molar refractivity (Wildman–Crippen MR) is 115 cm³/mol. The summed E-state index contributed by atoms with van der Waals surface area (Å²) in [6.07, 6.45) is 4.24. The number of para-hydroxylation sites is 1. The minimum Gasteiger partial charge on any atom is -0.481 e. The van der Waals surface area contributed by atoms with Crippen LogP contribution in [-0.4, -0.2) is 22.9 Å². The number of hydrogen-bond donors (Lipinski definition) is 3. The third-order valence-electron chi connectivity index (χ3n) is 5.25. The third-order valence-corrected chi connectivity index (χ3v) is 6.42. The first-order valence-corrected chi connectivity index (χ1v) is 10.8. The molecule has 1 aromatic heterocycles. The maximum absolute atomic E-state index is 13.1. The number of carbonyl (C=O) groups excluding carboxylic acids is 2. The van der Waals surface area contributed by atoms with E-state index in [0.717, 1.165) is 31.2 Å². The van der Waals surface area contributed by atoms with Crippen LogP contribution in [0.1, 0.15) is 59.8 Å². The van der Waals surface area contributed by atoms with Gasteiger partial charge in [-0.1, -0.05) is 31.5 Å². The van der Waals surface area contributed by atoms with Crippen LogP contribution in [0.15, 0.2) is 30.3 Å². The summed E-state index contributed by atoms with van der Waals surface area (Å²) in [4.78, 5) is 37.2. The highest BCUT2D eigenvalue weighted by Crippen LogP contribution is 2.40. The second-order valence-corrected chi connectivity index (χ2v) is 8.45. The van der Waals surface area contributed by atoms with Crippen molar-refractivity contribution in [2.24, 2.45) is 5.92 Å². The number of benzene rings is 1. The number of amides is 2. The molecule has 2 amide bonds. The SMILES string of the molecule is CC[C@@H]1CCc2c(sc(NC(=O)CCCC(=O)O)c2C(=O)Nc2ccccc2)C1. The van der Waals surface area contributed by atoms with Gasteiger partial charge in [0.05, 0.1) is 5.56 Å². The lowest BCUT2D eigenvalue weighted by molar-refractivity contribution is -0.137. The van der Waals surface area contributed by atoms with E-state index in [1.807, 2.05) is 30.3 Å². The molecular formula is C22H26N2O4S. The molecule has 7 heteroatoms. The van der Waals surface area contributed by atoms with E-state index in [1.54, 1.807) is 0 Å². The van der Waals surface area contributed by atoms with Gasteiger partial charge in [0.25, 0.3) is 5.91 Å². The lowest BCUT2D eigenvalue weighted by Gasteiger charge is -2.21. The smallest absolute Gasteiger partial charge is 0.303 e. The predicted octanol–water partition coefficient (Wildman–Crippen LogP) is 4.71. The fourth-order valence-electron chi connectivity index (χ4n) is 3.64. The Balaban J connectivity index is 1.82. The van der Waals surface area contributed by atoms with Crippen molar-refractivity contribution in [2.45, 2.75) is 51.9 Å². The quantitative estimate of drug-likeness (QED) is 0.583. The molecule has 2 aromatic rings. The van der Waals surface area contributed by atoms with Gasteiger partial charge in [-0.3, -0.25) is 14.4 Å². The van der Waals surface area contributed by atoms with Crippen LogP contribution in [0, 0.1) is 5.92 Å². The van der Waals surface area contributed by atoms with Crippen molar-refractivity contribution in [1.29, 1.82) is 0 Å². The molecule has 0 radical (unpaired) electrons. The Bertz CT molecular complexity index is 892. The highest BCUT2D eigenvalue weighted by atomic mass is 32.1. The summed E-state index contributed by atoms with van der Waals surface area (Å²) in [6.45, 7) is 2.18. The summed E-state index contributed by atoms with van der Waals surface area (Å²) in [5.74, 6) is -0.793. The number of anilines is 2. The van der Waals surface area contributed by atoms with Crippen LogP contribution in [0.5, 0.6) is 0 Å². The normalized spacial score (nSPS) is 15.4. The minimum absolute atomic E-state index is 0.0477. The highest BCUT2D eigenvalue weighted by Gasteiger charge is 2.29. The summed E-state index contributed by atoms with van der Waals surface area (Å²) >= 11 is 1.48. The van der Waals surface area contributed by atoms with Crippen molar-refractivity contribution in [3.05, 3.63) is 46.3 Å². The van der Waals surface area contributed by atoms with Crippen LogP contribution in [0.3, 0.4) is 0 Å². The molecule has 0 unspecified atom stereocenters. The van der Waals surface area contributed by atoms with E-state index in [4.69, 9.17) is 5.11 Å². The number of rotatable bonds is 8. The molecule has 29 heavy (non-hydrogen) atoms. The van der Waals surface area contributed by atoms with Gasteiger partial charge in [-0.05, 0) is 49.3 Å². The molecule has 0 aliphatic heterocycles. The standard InChI is InChI=1S/C22H26N2O4S/c1-2-14-11-12-16-17(13-14)29-22(24-18(25)9-6-10-19(26)27)20(16)21(28)23-15-7-4-3-5-8-15/h3-5,7-8,14H,2,6,9-13H2,1H3,(H,23,28)(H,24,25)(H,26,27)/t14-/m1/s1. The second kappa shape index (κ2) is 9.69. The Hall–Kier alpha value is -2.67. The fraction of sp³-hybridized carbons (Fsp3) is 0.409. The van der Waals surface area contributed by atoms with E-state index < -0.39 is 5.97 Å². The van der Waals surface area contributed by atoms with Crippen LogP contribution in [0.25, 0.3) is 0 Å². The number of carboxylic acid groups (broad SMARTS) is 1. The van der Waals surface area contributed by atoms with Crippen molar-refractivity contribution in [2.75, 3.05) is 10.6 Å². The lowest BCUT2D eigenvalue weighted by atomic mass is 9.85. The van der Waals surface area contributed by atoms with Gasteiger partial charge in [-0.15, -0.1) is 11.3 Å². The van der Waals surface area contributed by atoms with Crippen molar-refractivity contribution >= 4 is 39.8 Å². The average molecular weight is 415 g/mol. The van der Waals surface area contributed by atoms with Gasteiger partial charge in [0, 0.05) is 23.4 Å². The topological polar surface area (TPSA) is 95.5 Å². The second-order valence-electron chi connectivity index (χ2n) is 7.34. The number of carbonyl (C=O) groups is 3. The Morgan fingerprint density at radius 3 is 2.59 bits per heavy atom. The number of carboxylic acids is 1. The molecule has 154 valence electrons. The molecular weight excluding hydrogens is 388 g/mol. The van der Waals surface area contributed by atoms with E-state index in [9.17, 15) is 14.4 Å². The Kier molecular flexibility index (Phi) is 7.04. The number of aliphatic carboxylic acids is 1. The number of fused-ring (bicyclic) bond motifs is 1. The van der Waals surface area contributed by atoms with Crippen molar-refractivity contribution < 1.29 is 19.5 Å². The number of hydrogen-bond acceptors (Lipinski definition) is 4. The number of thiophene rings is 1. The van der Waals surface area contributed by atoms with Crippen LogP contribution in [0.4, 0.5) is 10.7 Å². The Morgan fingerprint density at radius 1 is 1.14 bits per heavy atom. The van der Waals surface area contributed by atoms with Crippen LogP contribution >= 0.6 is 11.3 Å². The summed E-state index contributed by atoms with van der Waals surface area (Å²) in [5.41, 5.74) is 2.29. The Labute approximate surface area is 174 Å². The maximum Gasteiger partial charge on any atom is 0.303 e. The van der Waals surface area contributed by atoms with Crippen molar-refractivity contribution in [1.82, 2.24) is 0 Å². The fourth-order valence-corrected chi connectivity index (χ4v) is 5.01. The molecule has 1 aliphatic rings. The molecule has 1 aromatic carbocycles. The largest absolute Gasteiger partial charge is 0.481 e. The van der Waals surface area contributed by atoms with E-state index in [0.29, 0.717) is 22.2 Å². The minimum atomic E-state index is -0.919. The van der Waals surface area contributed by atoms with E-state index in [1.165, 1.54) is 16.2 Å². The Morgan fingerprint density at radius 2 is 1.90 bits per heavy atom. The molecule has 0 saturated heterocycles. The lowest BCUT2D eigenvalue weighted by Crippen LogP contribution is -2.19. The zero-order chi connectivity index (χ0) is 20.8. The molecule has 1 heterocycles. The monoisotopic (exact) mass is 414 g/mol. The molecule has 0 saturated carbocycles. The summed E-state index contributed by atoms with van der Waals surface area (Å²) in [5, 5.41) is 15.1. The molecule has 0 fully saturated rings. The molecule has 3 N–H and O–H groups in total. The van der Waals surface area contributed by atoms with E-state index >= 15 is 0 Å². The first-order chi connectivity index (χ1) is 14.0. The van der Waals surface area contributed by atoms with Gasteiger partial charge >= 0.3 is 5.97 Å². The molecule has 1 atom stereocenters. The zero-order valence-corrected chi connectivity index (χ0v) is 17.3. The van der Waals surface area contributed by atoms with Gasteiger partial charge in [0.2, 0.25) is 5.91 Å². The van der Waals surface area contributed by atoms with Gasteiger partial charge in [-0.25, -0.2) is 0 Å². The van der Waals surface area contributed by atoms with Gasteiger partial charge in [-0.2, -0.15) is 0 Å². The molecule has 6 nitrogen and oxygen atoms in total. The van der Waals surface area contributed by atoms with Gasteiger partial charge in [0.1, 0.15) is 5.00 Å². The summed E-state index contributed by atoms with van der Waals surface area (Å²) in [6, 6.07) is 9.25. The first-order valence-electron chi connectivity index (χ1n) is 10.0. The van der Waals surface area contributed by atoms with Crippen LogP contribution in [0.2, 0.25) is 0 Å². The van der Waals surface area contributed by atoms with Crippen molar-refractivity contribution in [3.8, 4) is 0 Å². The molecule has 0 spiro atoms. The third kappa shape index (κ3) is 5.44. The van der Waals surface area contributed by atoms with Gasteiger partial charge in [0.15, 0.2) is 0 Å². The van der Waals surface area contributed by atoms with Crippen LogP contribution in [-0.2, 0) is 22.4 Å². The number of nitrogens with one attached hydrogen (secondary N) is 2. The van der Waals surface area contributed by atoms with E-state index in [2.05, 4.69) is 17.6 Å². The summed E-state index contributed by atoms with van der Waals surface area (Å²) in [7, 11) is 0. The van der Waals surface area contributed by atoms with Gasteiger partial charge < -0.3 is 15.7 Å². The van der Waals surface area contributed by atoms with E-state index in [-0.39, 0.29) is 31.1 Å². The first kappa shape index (κ1) is 21.0. The average Bonchev–Trinajstić information content (AvgIpc) is 3.05. The van der Waals surface area contributed by atoms with Crippen molar-refractivity contribution in [3.63, 3.8) is 0 Å². The zero-order valence-electron chi connectivity index (χ0n) is 16.5. The summed E-state index contributed by atoms with van der Waals surface area (Å²) < 4.78 is 0. The molecule has 3 rings (SSSR count). The molecule has 0 bridgehead atoms. The highest BCUT2D eigenvalue weighted by molar-refractivity contribution is 7.17. The van der Waals surface area contributed by atoms with Crippen LogP contribution < -0.4 is 10.6 Å².